The largest absolute Gasteiger partial charge is 0.492 e. The van der Waals surface area contributed by atoms with Gasteiger partial charge in [-0.2, -0.15) is 0 Å². The lowest BCUT2D eigenvalue weighted by molar-refractivity contribution is -0.138. The van der Waals surface area contributed by atoms with Gasteiger partial charge in [0.2, 0.25) is 5.91 Å². The predicted octanol–water partition coefficient (Wildman–Crippen LogP) is 2.97. The summed E-state index contributed by atoms with van der Waals surface area (Å²) in [4.78, 5) is 17.1. The standard InChI is InChI=1S/C24H38N2O3/c1-16-14-23(29-13-12-25(4)5)18(3)22-15-19(6-7-21(16)22)17(2)24(28)26-10-8-20(27)9-11-26/h14,17,19-20,27H,6-13,15H2,1-5H3. The van der Waals surface area contributed by atoms with Crippen molar-refractivity contribution in [1.29, 1.82) is 0 Å². The van der Waals surface area contributed by atoms with Crippen LogP contribution in [0.4, 0.5) is 0 Å². The molecule has 2 atom stereocenters. The summed E-state index contributed by atoms with van der Waals surface area (Å²) in [5.74, 6) is 1.65. The number of ether oxygens (including phenoxy) is 1. The Hall–Kier alpha value is -1.59. The topological polar surface area (TPSA) is 53.0 Å². The number of hydrogen-bond acceptors (Lipinski definition) is 4. The number of aryl methyl sites for hydroxylation is 1. The van der Waals surface area contributed by atoms with Gasteiger partial charge in [0, 0.05) is 25.6 Å². The van der Waals surface area contributed by atoms with Crippen LogP contribution in [0.1, 0.15) is 48.4 Å². The van der Waals surface area contributed by atoms with Crippen LogP contribution < -0.4 is 4.74 Å². The quantitative estimate of drug-likeness (QED) is 0.795. The first-order valence-corrected chi connectivity index (χ1v) is 11.1. The number of carbonyl (C=O) groups excluding carboxylic acids is 1. The van der Waals surface area contributed by atoms with Crippen LogP contribution in [-0.2, 0) is 17.6 Å². The van der Waals surface area contributed by atoms with E-state index in [-0.39, 0.29) is 17.9 Å². The van der Waals surface area contributed by atoms with E-state index in [0.29, 0.717) is 38.5 Å². The summed E-state index contributed by atoms with van der Waals surface area (Å²) in [5, 5.41) is 9.73. The van der Waals surface area contributed by atoms with Crippen molar-refractivity contribution in [2.45, 2.75) is 59.0 Å². The van der Waals surface area contributed by atoms with Crippen LogP contribution in [0.15, 0.2) is 6.07 Å². The molecule has 1 fully saturated rings. The number of likely N-dealkylation sites (tertiary alicyclic amines) is 1. The van der Waals surface area contributed by atoms with Gasteiger partial charge in [0.05, 0.1) is 6.10 Å². The van der Waals surface area contributed by atoms with E-state index in [2.05, 4.69) is 45.8 Å². The lowest BCUT2D eigenvalue weighted by Gasteiger charge is -2.36. The molecular weight excluding hydrogens is 364 g/mol. The maximum Gasteiger partial charge on any atom is 0.225 e. The van der Waals surface area contributed by atoms with Crippen molar-refractivity contribution >= 4 is 5.91 Å². The van der Waals surface area contributed by atoms with Gasteiger partial charge in [-0.15, -0.1) is 0 Å². The summed E-state index contributed by atoms with van der Waals surface area (Å²) in [6.45, 7) is 9.42. The molecule has 1 aliphatic heterocycles. The Morgan fingerprint density at radius 3 is 2.59 bits per heavy atom. The Kier molecular flexibility index (Phi) is 7.23. The molecule has 2 aliphatic rings. The zero-order valence-corrected chi connectivity index (χ0v) is 18.8. The molecule has 162 valence electrons. The second-order valence-electron chi connectivity index (χ2n) is 9.27. The minimum absolute atomic E-state index is 0.0245. The summed E-state index contributed by atoms with van der Waals surface area (Å²) in [7, 11) is 4.11. The lowest BCUT2D eigenvalue weighted by Crippen LogP contribution is -2.44. The zero-order valence-electron chi connectivity index (χ0n) is 18.8. The molecule has 3 rings (SSSR count). The highest BCUT2D eigenvalue weighted by molar-refractivity contribution is 5.79. The number of amides is 1. The molecule has 1 heterocycles. The molecule has 1 aromatic carbocycles. The van der Waals surface area contributed by atoms with E-state index in [0.717, 1.165) is 31.6 Å². The molecule has 0 spiro atoms. The molecule has 0 saturated carbocycles. The average Bonchev–Trinajstić information content (AvgIpc) is 2.70. The van der Waals surface area contributed by atoms with E-state index in [1.807, 2.05) is 4.90 Å². The highest BCUT2D eigenvalue weighted by atomic mass is 16.5. The Balaban J connectivity index is 1.71. The van der Waals surface area contributed by atoms with Gasteiger partial charge in [-0.1, -0.05) is 6.92 Å². The number of benzene rings is 1. The van der Waals surface area contributed by atoms with Gasteiger partial charge in [-0.25, -0.2) is 0 Å². The number of aliphatic hydroxyl groups excluding tert-OH is 1. The number of hydrogen-bond donors (Lipinski definition) is 1. The number of piperidine rings is 1. The third-order valence-electron chi connectivity index (χ3n) is 6.91. The van der Waals surface area contributed by atoms with Crippen LogP contribution in [0, 0.1) is 25.7 Å². The van der Waals surface area contributed by atoms with Gasteiger partial charge in [-0.3, -0.25) is 4.79 Å². The first kappa shape index (κ1) is 22.1. The summed E-state index contributed by atoms with van der Waals surface area (Å²) in [6, 6.07) is 2.19. The monoisotopic (exact) mass is 402 g/mol. The molecule has 0 radical (unpaired) electrons. The van der Waals surface area contributed by atoms with Crippen LogP contribution in [0.5, 0.6) is 5.75 Å². The molecule has 1 N–H and O–H groups in total. The van der Waals surface area contributed by atoms with Gasteiger partial charge in [0.25, 0.3) is 0 Å². The van der Waals surface area contributed by atoms with E-state index in [9.17, 15) is 9.90 Å². The van der Waals surface area contributed by atoms with Gasteiger partial charge in [0.1, 0.15) is 12.4 Å². The van der Waals surface area contributed by atoms with E-state index in [4.69, 9.17) is 4.74 Å². The van der Waals surface area contributed by atoms with E-state index in [1.165, 1.54) is 22.3 Å². The first-order chi connectivity index (χ1) is 13.8. The number of carbonyl (C=O) groups is 1. The van der Waals surface area contributed by atoms with Crippen LogP contribution in [0.3, 0.4) is 0 Å². The van der Waals surface area contributed by atoms with Crippen LogP contribution in [-0.4, -0.2) is 67.3 Å². The fourth-order valence-electron chi connectivity index (χ4n) is 4.81. The maximum absolute atomic E-state index is 13.1. The van der Waals surface area contributed by atoms with Crippen molar-refractivity contribution in [2.24, 2.45) is 11.8 Å². The highest BCUT2D eigenvalue weighted by Crippen LogP contribution is 2.38. The van der Waals surface area contributed by atoms with Crippen molar-refractivity contribution in [3.05, 3.63) is 28.3 Å². The summed E-state index contributed by atoms with van der Waals surface area (Å²) in [6.07, 6.45) is 4.23. The number of rotatable bonds is 6. The number of fused-ring (bicyclic) bond motifs is 1. The van der Waals surface area contributed by atoms with E-state index in [1.54, 1.807) is 0 Å². The molecule has 1 amide bonds. The molecule has 1 aliphatic carbocycles. The van der Waals surface area contributed by atoms with Crippen molar-refractivity contribution in [3.8, 4) is 5.75 Å². The minimum atomic E-state index is -0.243. The molecule has 0 bridgehead atoms. The van der Waals surface area contributed by atoms with Crippen LogP contribution in [0.25, 0.3) is 0 Å². The van der Waals surface area contributed by atoms with Gasteiger partial charge >= 0.3 is 0 Å². The second-order valence-corrected chi connectivity index (χ2v) is 9.27. The highest BCUT2D eigenvalue weighted by Gasteiger charge is 2.33. The molecular formula is C24H38N2O3. The van der Waals surface area contributed by atoms with Crippen LogP contribution in [0.2, 0.25) is 0 Å². The Morgan fingerprint density at radius 1 is 1.24 bits per heavy atom. The Bertz CT molecular complexity index is 723. The average molecular weight is 403 g/mol. The van der Waals surface area contributed by atoms with Crippen molar-refractivity contribution in [3.63, 3.8) is 0 Å². The van der Waals surface area contributed by atoms with Crippen LogP contribution >= 0.6 is 0 Å². The Morgan fingerprint density at radius 2 is 1.93 bits per heavy atom. The molecule has 5 heteroatoms. The molecule has 5 nitrogen and oxygen atoms in total. The summed E-state index contributed by atoms with van der Waals surface area (Å²) in [5.41, 5.74) is 5.41. The van der Waals surface area contributed by atoms with Crippen molar-refractivity contribution < 1.29 is 14.6 Å². The molecule has 29 heavy (non-hydrogen) atoms. The smallest absolute Gasteiger partial charge is 0.225 e. The van der Waals surface area contributed by atoms with E-state index < -0.39 is 0 Å². The maximum atomic E-state index is 13.1. The SMILES string of the molecule is Cc1cc(OCCN(C)C)c(C)c2c1CCC(C(C)C(=O)N1CCC(O)CC1)C2. The predicted molar refractivity (Wildman–Crippen MR) is 116 cm³/mol. The third kappa shape index (κ3) is 5.13. The molecule has 1 aromatic rings. The molecule has 0 aromatic heterocycles. The van der Waals surface area contributed by atoms with Gasteiger partial charge in [-0.05, 0) is 94.3 Å². The van der Waals surface area contributed by atoms with Crippen molar-refractivity contribution in [1.82, 2.24) is 9.80 Å². The fraction of sp³-hybridized carbons (Fsp3) is 0.708. The first-order valence-electron chi connectivity index (χ1n) is 11.1. The Labute approximate surface area is 176 Å². The molecule has 1 saturated heterocycles. The number of aliphatic hydroxyl groups is 1. The van der Waals surface area contributed by atoms with E-state index >= 15 is 0 Å². The van der Waals surface area contributed by atoms with Crippen molar-refractivity contribution in [2.75, 3.05) is 40.3 Å². The summed E-state index contributed by atoms with van der Waals surface area (Å²) < 4.78 is 6.10. The summed E-state index contributed by atoms with van der Waals surface area (Å²) >= 11 is 0. The van der Waals surface area contributed by atoms with Gasteiger partial charge < -0.3 is 19.6 Å². The lowest BCUT2D eigenvalue weighted by atomic mass is 9.74. The van der Waals surface area contributed by atoms with Gasteiger partial charge in [0.15, 0.2) is 0 Å². The minimum Gasteiger partial charge on any atom is -0.492 e. The third-order valence-corrected chi connectivity index (χ3v) is 6.91. The fourth-order valence-corrected chi connectivity index (χ4v) is 4.81. The second kappa shape index (κ2) is 9.48. The number of nitrogens with zero attached hydrogens (tertiary/aromatic N) is 2. The normalized spacial score (nSPS) is 21.2. The molecule has 2 unspecified atom stereocenters. The number of likely N-dealkylation sites (N-methyl/N-ethyl adjacent to an activating group) is 1. The zero-order chi connectivity index (χ0) is 21.1.